The van der Waals surface area contributed by atoms with E-state index in [1.165, 1.54) is 16.3 Å². The van der Waals surface area contributed by atoms with Gasteiger partial charge in [-0.3, -0.25) is 4.79 Å². The molecule has 1 aromatic rings. The molecule has 0 bridgehead atoms. The summed E-state index contributed by atoms with van der Waals surface area (Å²) in [6.07, 6.45) is 0.970. The summed E-state index contributed by atoms with van der Waals surface area (Å²) in [5, 5.41) is 0. The van der Waals surface area contributed by atoms with Gasteiger partial charge in [0.1, 0.15) is 0 Å². The Labute approximate surface area is 123 Å². The topological polar surface area (TPSA) is 35.5 Å². The zero-order chi connectivity index (χ0) is 13.2. The van der Waals surface area contributed by atoms with Crippen LogP contribution in [-0.2, 0) is 20.1 Å². The maximum atomic E-state index is 11.1. The molecule has 1 aromatic carbocycles. The van der Waals surface area contributed by atoms with Gasteiger partial charge in [0.15, 0.2) is 0 Å². The molecule has 0 amide bonds. The number of carbonyl (C=O) groups excluding carboxylic acids is 1. The first kappa shape index (κ1) is 15.3. The van der Waals surface area contributed by atoms with Gasteiger partial charge in [-0.05, 0) is 17.7 Å². The molecule has 0 atom stereocenters. The van der Waals surface area contributed by atoms with E-state index in [1.807, 2.05) is 24.3 Å². The number of methoxy groups -OCH3 is 1. The van der Waals surface area contributed by atoms with E-state index < -0.39 is 0 Å². The Balaban J connectivity index is 2.56. The van der Waals surface area contributed by atoms with Crippen LogP contribution in [0.3, 0.4) is 0 Å². The minimum atomic E-state index is -0.243. The van der Waals surface area contributed by atoms with Crippen LogP contribution in [0.1, 0.15) is 17.5 Å². The van der Waals surface area contributed by atoms with Gasteiger partial charge >= 0.3 is 5.97 Å². The number of carbonyl (C=O) groups is 1. The molecule has 18 heavy (non-hydrogen) atoms. The molecule has 0 saturated heterocycles. The molecule has 0 spiro atoms. The molecule has 0 saturated carbocycles. The number of hydrogen-bond donors (Lipinski definition) is 0. The first-order valence-corrected chi connectivity index (χ1v) is 8.59. The maximum Gasteiger partial charge on any atom is 0.309 e. The predicted molar refractivity (Wildman–Crippen MR) is 81.2 cm³/mol. The number of rotatable bonds is 5. The van der Waals surface area contributed by atoms with Gasteiger partial charge in [0.05, 0.1) is 29.4 Å². The first-order valence-electron chi connectivity index (χ1n) is 5.31. The zero-order valence-corrected chi connectivity index (χ0v) is 12.9. The second-order valence-electron chi connectivity index (χ2n) is 3.39. The Kier molecular flexibility index (Phi) is 7.89. The summed E-state index contributed by atoms with van der Waals surface area (Å²) in [6.45, 7) is 0.614. The molecule has 0 radical (unpaired) electrons. The lowest BCUT2D eigenvalue weighted by Crippen LogP contribution is -2.04. The fourth-order valence-corrected chi connectivity index (χ4v) is 1.97. The molecule has 1 rings (SSSR count). The van der Waals surface area contributed by atoms with Crippen molar-refractivity contribution < 1.29 is 13.7 Å². The predicted octanol–water partition coefficient (Wildman–Crippen LogP) is 3.16. The van der Waals surface area contributed by atoms with E-state index in [0.29, 0.717) is 13.0 Å². The molecule has 0 aliphatic heterocycles. The Morgan fingerprint density at radius 3 is 3.06 bits per heavy atom. The molecule has 0 aliphatic carbocycles. The number of halogens is 1. The first-order chi connectivity index (χ1) is 8.76. The highest BCUT2D eigenvalue weighted by Gasteiger charge is 2.02. The summed E-state index contributed by atoms with van der Waals surface area (Å²) in [7, 11) is 2.70. The van der Waals surface area contributed by atoms with Crippen molar-refractivity contribution in [2.45, 2.75) is 12.8 Å². The maximum absolute atomic E-state index is 11.1. The van der Waals surface area contributed by atoms with Crippen LogP contribution in [0.2, 0.25) is 0 Å². The minimum absolute atomic E-state index is 0.243. The number of hydrogen-bond acceptors (Lipinski definition) is 4. The smallest absolute Gasteiger partial charge is 0.309 e. The van der Waals surface area contributed by atoms with Gasteiger partial charge < -0.3 is 8.92 Å². The summed E-state index contributed by atoms with van der Waals surface area (Å²) >= 11 is 2.07. The second-order valence-corrected chi connectivity index (χ2v) is 4.83. The van der Waals surface area contributed by atoms with Gasteiger partial charge in [0.2, 0.25) is 0 Å². The molecule has 3 nitrogen and oxygen atoms in total. The van der Waals surface area contributed by atoms with Crippen molar-refractivity contribution in [3.63, 3.8) is 0 Å². The van der Waals surface area contributed by atoms with E-state index in [9.17, 15) is 4.79 Å². The van der Waals surface area contributed by atoms with Crippen LogP contribution in [0, 0.1) is 11.8 Å². The van der Waals surface area contributed by atoms with E-state index in [4.69, 9.17) is 4.18 Å². The third kappa shape index (κ3) is 6.28. The summed E-state index contributed by atoms with van der Waals surface area (Å²) in [5.74, 6) is 5.82. The van der Waals surface area contributed by atoms with Crippen molar-refractivity contribution in [1.82, 2.24) is 0 Å². The van der Waals surface area contributed by atoms with E-state index >= 15 is 0 Å². The fraction of sp³-hybridized carbons (Fsp3) is 0.308. The minimum Gasteiger partial charge on any atom is -0.469 e. The summed E-state index contributed by atoms with van der Waals surface area (Å²) in [4.78, 5) is 11.1. The molecule has 0 aromatic heterocycles. The molecule has 0 N–H and O–H groups in total. The standard InChI is InChI=1S/C13H13IO3S/c1-16-13(15)10-12-7-4-6-11(9-12)5-2-3-8-17-18-14/h4,6-7,9H,3,8,10H2,1H3. The molecule has 0 fully saturated rings. The van der Waals surface area contributed by atoms with E-state index in [-0.39, 0.29) is 12.4 Å². The van der Waals surface area contributed by atoms with E-state index in [0.717, 1.165) is 11.1 Å². The van der Waals surface area contributed by atoms with Crippen LogP contribution in [-0.4, -0.2) is 19.7 Å². The van der Waals surface area contributed by atoms with Gasteiger partial charge in [0, 0.05) is 33.2 Å². The Morgan fingerprint density at radius 2 is 2.33 bits per heavy atom. The van der Waals surface area contributed by atoms with E-state index in [2.05, 4.69) is 37.8 Å². The van der Waals surface area contributed by atoms with Crippen molar-refractivity contribution >= 4 is 36.4 Å². The number of benzene rings is 1. The van der Waals surface area contributed by atoms with Crippen molar-refractivity contribution in [3.8, 4) is 11.8 Å². The largest absolute Gasteiger partial charge is 0.469 e. The molecular weight excluding hydrogens is 363 g/mol. The molecule has 0 unspecified atom stereocenters. The van der Waals surface area contributed by atoms with Gasteiger partial charge in [-0.2, -0.15) is 0 Å². The van der Waals surface area contributed by atoms with Gasteiger partial charge in [-0.1, -0.05) is 24.0 Å². The lowest BCUT2D eigenvalue weighted by Gasteiger charge is -2.00. The zero-order valence-electron chi connectivity index (χ0n) is 9.94. The van der Waals surface area contributed by atoms with Crippen LogP contribution >= 0.6 is 30.4 Å². The second kappa shape index (κ2) is 9.25. The van der Waals surface area contributed by atoms with Crippen LogP contribution < -0.4 is 0 Å². The molecule has 0 heterocycles. The fourth-order valence-electron chi connectivity index (χ4n) is 1.29. The quantitative estimate of drug-likeness (QED) is 0.260. The summed E-state index contributed by atoms with van der Waals surface area (Å²) in [6, 6.07) is 7.59. The number of esters is 1. The number of ether oxygens (including phenoxy) is 1. The van der Waals surface area contributed by atoms with Gasteiger partial charge in [-0.15, -0.1) is 0 Å². The van der Waals surface area contributed by atoms with Gasteiger partial charge in [0.25, 0.3) is 0 Å². The van der Waals surface area contributed by atoms with Crippen molar-refractivity contribution in [2.24, 2.45) is 0 Å². The lowest BCUT2D eigenvalue weighted by atomic mass is 10.1. The molecular formula is C13H13IO3S. The third-order valence-electron chi connectivity index (χ3n) is 2.09. The van der Waals surface area contributed by atoms with Crippen LogP contribution in [0.25, 0.3) is 0 Å². The Hall–Kier alpha value is -0.710. The molecule has 96 valence electrons. The van der Waals surface area contributed by atoms with Crippen LogP contribution in [0.15, 0.2) is 24.3 Å². The molecule has 0 aliphatic rings. The highest BCUT2D eigenvalue weighted by molar-refractivity contribution is 14.2. The summed E-state index contributed by atoms with van der Waals surface area (Å²) in [5.41, 5.74) is 1.81. The monoisotopic (exact) mass is 376 g/mol. The normalized spacial score (nSPS) is 9.44. The summed E-state index contributed by atoms with van der Waals surface area (Å²) < 4.78 is 9.73. The van der Waals surface area contributed by atoms with E-state index in [1.54, 1.807) is 0 Å². The highest BCUT2D eigenvalue weighted by atomic mass is 127. The van der Waals surface area contributed by atoms with Crippen molar-refractivity contribution in [3.05, 3.63) is 35.4 Å². The Morgan fingerprint density at radius 1 is 1.50 bits per heavy atom. The van der Waals surface area contributed by atoms with Gasteiger partial charge in [-0.25, -0.2) is 0 Å². The van der Waals surface area contributed by atoms with Crippen molar-refractivity contribution in [1.29, 1.82) is 0 Å². The van der Waals surface area contributed by atoms with Crippen molar-refractivity contribution in [2.75, 3.05) is 13.7 Å². The average molecular weight is 376 g/mol. The molecule has 5 heteroatoms. The van der Waals surface area contributed by atoms with Crippen LogP contribution in [0.5, 0.6) is 0 Å². The Bertz CT molecular complexity index is 451. The third-order valence-corrected chi connectivity index (χ3v) is 3.11. The average Bonchev–Trinajstić information content (AvgIpc) is 2.39. The SMILES string of the molecule is COC(=O)Cc1cccc(C#CCCOSI)c1. The highest BCUT2D eigenvalue weighted by Crippen LogP contribution is 2.11. The van der Waals surface area contributed by atoms with Crippen LogP contribution in [0.4, 0.5) is 0 Å². The lowest BCUT2D eigenvalue weighted by molar-refractivity contribution is -0.139.